The van der Waals surface area contributed by atoms with E-state index in [1.54, 1.807) is 22.6 Å². The number of halogens is 1. The third kappa shape index (κ3) is 5.48. The van der Waals surface area contributed by atoms with Crippen LogP contribution >= 0.6 is 22.6 Å². The topological polar surface area (TPSA) is 157 Å². The summed E-state index contributed by atoms with van der Waals surface area (Å²) < 4.78 is 50.9. The van der Waals surface area contributed by atoms with Crippen LogP contribution in [0.25, 0.3) is 0 Å². The molecular formula is C13H19IN4O6S2. The van der Waals surface area contributed by atoms with E-state index in [1.807, 2.05) is 0 Å². The molecule has 1 aliphatic rings. The summed E-state index contributed by atoms with van der Waals surface area (Å²) >= 11 is 1.81. The van der Waals surface area contributed by atoms with Gasteiger partial charge in [0.05, 0.1) is 16.7 Å². The second-order valence-corrected chi connectivity index (χ2v) is 10.1. The molecule has 10 nitrogen and oxygen atoms in total. The number of nitrogens with one attached hydrogen (secondary N) is 2. The summed E-state index contributed by atoms with van der Waals surface area (Å²) in [6.45, 7) is 0.274. The van der Waals surface area contributed by atoms with Crippen LogP contribution in [0.3, 0.4) is 0 Å². The quantitative estimate of drug-likeness (QED) is 0.194. The van der Waals surface area contributed by atoms with Crippen LogP contribution in [0, 0.1) is 8.48 Å². The van der Waals surface area contributed by atoms with Crippen molar-refractivity contribution >= 4 is 48.3 Å². The molecule has 1 aromatic carbocycles. The average molecular weight is 518 g/mol. The summed E-state index contributed by atoms with van der Waals surface area (Å²) in [5.41, 5.74) is 0.344. The Kier molecular flexibility index (Phi) is 7.18. The lowest BCUT2D eigenvalue weighted by atomic mass is 10.1. The highest BCUT2D eigenvalue weighted by atomic mass is 127. The second kappa shape index (κ2) is 8.77. The molecule has 1 atom stereocenters. The molecule has 13 heteroatoms. The monoisotopic (exact) mass is 518 g/mol. The fraction of sp³-hybridized carbons (Fsp3) is 0.538. The lowest BCUT2D eigenvalue weighted by Crippen LogP contribution is -2.44. The van der Waals surface area contributed by atoms with Gasteiger partial charge in [-0.15, -0.1) is 4.91 Å². The van der Waals surface area contributed by atoms with Gasteiger partial charge in [0, 0.05) is 3.57 Å². The van der Waals surface area contributed by atoms with Gasteiger partial charge >= 0.3 is 0 Å². The van der Waals surface area contributed by atoms with Crippen LogP contribution in [0.2, 0.25) is 0 Å². The maximum Gasteiger partial charge on any atom is 0.244 e. The molecule has 0 spiro atoms. The van der Waals surface area contributed by atoms with Gasteiger partial charge in [-0.3, -0.25) is 0 Å². The van der Waals surface area contributed by atoms with Crippen molar-refractivity contribution in [3.8, 4) is 0 Å². The highest BCUT2D eigenvalue weighted by molar-refractivity contribution is 14.1. The van der Waals surface area contributed by atoms with Crippen LogP contribution in [0.4, 0.5) is 5.69 Å². The van der Waals surface area contributed by atoms with Gasteiger partial charge < -0.3 is 10.2 Å². The van der Waals surface area contributed by atoms with E-state index in [4.69, 9.17) is 5.14 Å². The molecule has 0 saturated carbocycles. The number of sulfonamides is 2. The van der Waals surface area contributed by atoms with E-state index in [0.717, 1.165) is 25.3 Å². The summed E-state index contributed by atoms with van der Waals surface area (Å²) in [7, 11) is -7.87. The van der Waals surface area contributed by atoms with Crippen LogP contribution in [0.5, 0.6) is 0 Å². The zero-order chi connectivity index (χ0) is 19.4. The lowest BCUT2D eigenvalue weighted by molar-refractivity contribution is 0.135. The van der Waals surface area contributed by atoms with E-state index in [9.17, 15) is 21.7 Å². The summed E-state index contributed by atoms with van der Waals surface area (Å²) in [6.07, 6.45) is 3.21. The number of hydrogen-bond acceptors (Lipinski definition) is 8. The minimum absolute atomic E-state index is 0.142. The Morgan fingerprint density at radius 2 is 1.92 bits per heavy atom. The normalized spacial score (nSPS) is 18.6. The Balaban J connectivity index is 2.04. The van der Waals surface area contributed by atoms with E-state index >= 15 is 0 Å². The Morgan fingerprint density at radius 1 is 1.23 bits per heavy atom. The molecule has 1 aromatic rings. The van der Waals surface area contributed by atoms with E-state index in [1.165, 1.54) is 6.07 Å². The first-order chi connectivity index (χ1) is 12.1. The number of unbranched alkanes of at least 4 members (excludes halogenated alkanes) is 3. The SMILES string of the molecule is NS(=O)(=O)c1cc2c(cc1I)NC(CCCCCCON=O)NS2(=O)=O. The van der Waals surface area contributed by atoms with Crippen molar-refractivity contribution in [1.82, 2.24) is 4.72 Å². The molecule has 1 aliphatic heterocycles. The molecule has 1 unspecified atom stereocenters. The molecule has 0 bridgehead atoms. The summed E-state index contributed by atoms with van der Waals surface area (Å²) in [6, 6.07) is 2.53. The standard InChI is InChI=1S/C13H19IN4O6S2/c14-9-7-10-12(8-11(9)25(15,20)21)26(22,23)17-13(16-10)5-3-1-2-4-6-24-18-19/h7-8,13,16-17H,1-6H2,(H2,15,20,21). The Bertz CT molecular complexity index is 875. The van der Waals surface area contributed by atoms with Crippen molar-refractivity contribution in [1.29, 1.82) is 0 Å². The number of primary sulfonamides is 1. The van der Waals surface area contributed by atoms with Gasteiger partial charge in [0.15, 0.2) is 5.34 Å². The van der Waals surface area contributed by atoms with Gasteiger partial charge in [-0.25, -0.2) is 22.0 Å². The van der Waals surface area contributed by atoms with E-state index in [0.29, 0.717) is 22.1 Å². The lowest BCUT2D eigenvalue weighted by Gasteiger charge is -2.28. The number of benzene rings is 1. The van der Waals surface area contributed by atoms with Crippen molar-refractivity contribution in [2.24, 2.45) is 10.5 Å². The summed E-state index contributed by atoms with van der Waals surface area (Å²) in [5.74, 6) is 0. The number of nitrogens with two attached hydrogens (primary N) is 1. The zero-order valence-corrected chi connectivity index (χ0v) is 17.4. The van der Waals surface area contributed by atoms with Crippen LogP contribution in [-0.4, -0.2) is 29.6 Å². The Morgan fingerprint density at radius 3 is 2.58 bits per heavy atom. The molecule has 0 aliphatic carbocycles. The van der Waals surface area contributed by atoms with Crippen molar-refractivity contribution in [3.05, 3.63) is 20.6 Å². The number of rotatable bonds is 9. The molecule has 146 valence electrons. The van der Waals surface area contributed by atoms with E-state index in [-0.39, 0.29) is 16.4 Å². The molecule has 4 N–H and O–H groups in total. The predicted molar refractivity (Wildman–Crippen MR) is 103 cm³/mol. The first kappa shape index (κ1) is 21.3. The van der Waals surface area contributed by atoms with Crippen LogP contribution < -0.4 is 15.2 Å². The second-order valence-electron chi connectivity index (χ2n) is 5.75. The van der Waals surface area contributed by atoms with Crippen molar-refractivity contribution < 1.29 is 21.7 Å². The van der Waals surface area contributed by atoms with Crippen LogP contribution in [-0.2, 0) is 24.9 Å². The molecule has 1 heterocycles. The maximum absolute atomic E-state index is 12.4. The van der Waals surface area contributed by atoms with Gasteiger partial charge in [-0.1, -0.05) is 12.8 Å². The molecule has 0 amide bonds. The average Bonchev–Trinajstić information content (AvgIpc) is 2.51. The predicted octanol–water partition coefficient (Wildman–Crippen LogP) is 1.62. The fourth-order valence-electron chi connectivity index (χ4n) is 2.59. The minimum atomic E-state index is -4.02. The van der Waals surface area contributed by atoms with Gasteiger partial charge in [0.1, 0.15) is 11.5 Å². The first-order valence-electron chi connectivity index (χ1n) is 7.75. The number of nitrogens with zero attached hydrogens (tertiary/aromatic N) is 1. The molecule has 0 fully saturated rings. The van der Waals surface area contributed by atoms with Gasteiger partial charge in [-0.05, 0) is 54.0 Å². The molecule has 0 aromatic heterocycles. The zero-order valence-electron chi connectivity index (χ0n) is 13.6. The van der Waals surface area contributed by atoms with Crippen LogP contribution in [0.15, 0.2) is 27.3 Å². The van der Waals surface area contributed by atoms with Crippen molar-refractivity contribution in [2.45, 2.75) is 48.1 Å². The van der Waals surface area contributed by atoms with Gasteiger partial charge in [0.25, 0.3) is 0 Å². The highest BCUT2D eigenvalue weighted by Crippen LogP contribution is 2.32. The molecule has 0 radical (unpaired) electrons. The summed E-state index contributed by atoms with van der Waals surface area (Å²) in [5, 5.41) is 10.5. The van der Waals surface area contributed by atoms with Crippen molar-refractivity contribution in [3.63, 3.8) is 0 Å². The minimum Gasteiger partial charge on any atom is -0.368 e. The maximum atomic E-state index is 12.4. The summed E-state index contributed by atoms with van der Waals surface area (Å²) in [4.78, 5) is 13.8. The molecule has 2 rings (SSSR count). The van der Waals surface area contributed by atoms with E-state index < -0.39 is 26.2 Å². The largest absolute Gasteiger partial charge is 0.368 e. The molecule has 0 saturated heterocycles. The van der Waals surface area contributed by atoms with Crippen LogP contribution in [0.1, 0.15) is 32.1 Å². The van der Waals surface area contributed by atoms with E-state index in [2.05, 4.69) is 20.2 Å². The Labute approximate surface area is 165 Å². The molecule has 26 heavy (non-hydrogen) atoms. The highest BCUT2D eigenvalue weighted by Gasteiger charge is 2.31. The van der Waals surface area contributed by atoms with Crippen molar-refractivity contribution in [2.75, 3.05) is 11.9 Å². The first-order valence-corrected chi connectivity index (χ1v) is 11.9. The third-order valence-electron chi connectivity index (χ3n) is 3.79. The Hall–Kier alpha value is -1.03. The smallest absolute Gasteiger partial charge is 0.244 e. The number of hydrogen-bond donors (Lipinski definition) is 3. The molecular weight excluding hydrogens is 499 g/mol. The number of fused-ring (bicyclic) bond motifs is 1. The number of anilines is 1. The van der Waals surface area contributed by atoms with Gasteiger partial charge in [-0.2, -0.15) is 4.72 Å². The van der Waals surface area contributed by atoms with Gasteiger partial charge in [0.2, 0.25) is 20.0 Å². The third-order valence-corrected chi connectivity index (χ3v) is 7.51. The fourth-order valence-corrected chi connectivity index (χ4v) is 6.03.